The number of carbonyl (C=O) groups is 2. The van der Waals surface area contributed by atoms with E-state index in [1.807, 2.05) is 13.8 Å². The van der Waals surface area contributed by atoms with E-state index in [9.17, 15) is 9.59 Å². The average molecular weight is 242 g/mol. The first-order chi connectivity index (χ1) is 7.54. The van der Waals surface area contributed by atoms with Gasteiger partial charge < -0.3 is 11.1 Å². The van der Waals surface area contributed by atoms with Crippen molar-refractivity contribution in [3.8, 4) is 0 Å². The zero-order chi connectivity index (χ0) is 13.7. The van der Waals surface area contributed by atoms with Crippen LogP contribution >= 0.6 is 0 Å². The molecule has 4 heteroatoms. The Hall–Kier alpha value is -1.06. The van der Waals surface area contributed by atoms with E-state index in [1.54, 1.807) is 0 Å². The Morgan fingerprint density at radius 2 is 1.65 bits per heavy atom. The lowest BCUT2D eigenvalue weighted by Gasteiger charge is -2.31. The van der Waals surface area contributed by atoms with E-state index in [-0.39, 0.29) is 22.6 Å². The van der Waals surface area contributed by atoms with Crippen molar-refractivity contribution in [1.82, 2.24) is 5.32 Å². The fraction of sp³-hybridized carbons (Fsp3) is 0.846. The summed E-state index contributed by atoms with van der Waals surface area (Å²) in [6.45, 7) is 10.8. The Labute approximate surface area is 104 Å². The van der Waals surface area contributed by atoms with Crippen molar-refractivity contribution in [2.75, 3.05) is 6.54 Å². The van der Waals surface area contributed by atoms with Gasteiger partial charge in [0.1, 0.15) is 0 Å². The molecule has 0 bridgehead atoms. The summed E-state index contributed by atoms with van der Waals surface area (Å²) in [7, 11) is 0. The molecule has 0 aromatic rings. The maximum Gasteiger partial charge on any atom is 0.225 e. The molecule has 2 amide bonds. The summed E-state index contributed by atoms with van der Waals surface area (Å²) in [6.07, 6.45) is 1.74. The predicted molar refractivity (Wildman–Crippen MR) is 69.3 cm³/mol. The van der Waals surface area contributed by atoms with Crippen molar-refractivity contribution in [3.63, 3.8) is 0 Å². The highest BCUT2D eigenvalue weighted by Crippen LogP contribution is 2.33. The highest BCUT2D eigenvalue weighted by molar-refractivity contribution is 5.81. The molecule has 0 aliphatic carbocycles. The number of hydrogen-bond donors (Lipinski definition) is 2. The molecular formula is C13H26N2O2. The second kappa shape index (κ2) is 6.03. The van der Waals surface area contributed by atoms with Gasteiger partial charge in [-0.3, -0.25) is 9.59 Å². The first kappa shape index (κ1) is 15.9. The van der Waals surface area contributed by atoms with Crippen LogP contribution in [0.3, 0.4) is 0 Å². The lowest BCUT2D eigenvalue weighted by Crippen LogP contribution is -2.39. The molecule has 0 fully saturated rings. The number of hydrogen-bond acceptors (Lipinski definition) is 2. The molecule has 0 aromatic carbocycles. The van der Waals surface area contributed by atoms with Crippen molar-refractivity contribution < 1.29 is 9.59 Å². The van der Waals surface area contributed by atoms with Crippen molar-refractivity contribution in [1.29, 1.82) is 0 Å². The van der Waals surface area contributed by atoms with Gasteiger partial charge in [0.15, 0.2) is 0 Å². The minimum atomic E-state index is -0.384. The van der Waals surface area contributed by atoms with E-state index in [0.29, 0.717) is 19.4 Å². The maximum absolute atomic E-state index is 12.0. The average Bonchev–Trinajstić information content (AvgIpc) is 2.07. The van der Waals surface area contributed by atoms with Crippen molar-refractivity contribution >= 4 is 11.8 Å². The second-order valence-electron chi connectivity index (χ2n) is 6.45. The van der Waals surface area contributed by atoms with Crippen LogP contribution in [-0.4, -0.2) is 18.4 Å². The molecule has 0 heterocycles. The van der Waals surface area contributed by atoms with Crippen LogP contribution in [0.5, 0.6) is 0 Å². The van der Waals surface area contributed by atoms with Crippen LogP contribution in [0.4, 0.5) is 0 Å². The Balaban J connectivity index is 4.08. The molecule has 17 heavy (non-hydrogen) atoms. The Morgan fingerprint density at radius 1 is 1.12 bits per heavy atom. The number of rotatable bonds is 6. The van der Waals surface area contributed by atoms with Crippen molar-refractivity contribution in [3.05, 3.63) is 0 Å². The number of amides is 2. The third-order valence-corrected chi connectivity index (χ3v) is 2.47. The molecule has 4 nitrogen and oxygen atoms in total. The highest BCUT2D eigenvalue weighted by atomic mass is 16.2. The number of carbonyl (C=O) groups excluding carboxylic acids is 2. The third kappa shape index (κ3) is 7.77. The minimum absolute atomic E-state index is 0.0388. The molecule has 0 aliphatic rings. The standard InChI is InChI=1S/C13H26N2O2/c1-12(2,3)9-13(4,5)11(17)15-8-6-7-10(14)16/h6-9H2,1-5H3,(H2,14,16)(H,15,17). The van der Waals surface area contributed by atoms with Gasteiger partial charge in [0.05, 0.1) is 0 Å². The van der Waals surface area contributed by atoms with E-state index >= 15 is 0 Å². The quantitative estimate of drug-likeness (QED) is 0.697. The van der Waals surface area contributed by atoms with Gasteiger partial charge in [0.2, 0.25) is 11.8 Å². The first-order valence-electron chi connectivity index (χ1n) is 6.11. The lowest BCUT2D eigenvalue weighted by molar-refractivity contribution is -0.131. The van der Waals surface area contributed by atoms with Gasteiger partial charge in [-0.2, -0.15) is 0 Å². The molecule has 3 N–H and O–H groups in total. The first-order valence-corrected chi connectivity index (χ1v) is 6.11. The monoisotopic (exact) mass is 242 g/mol. The van der Waals surface area contributed by atoms with Gasteiger partial charge in [0.25, 0.3) is 0 Å². The van der Waals surface area contributed by atoms with Crippen LogP contribution < -0.4 is 11.1 Å². The number of nitrogens with one attached hydrogen (secondary N) is 1. The van der Waals surface area contributed by atoms with E-state index in [1.165, 1.54) is 0 Å². The summed E-state index contributed by atoms with van der Waals surface area (Å²) in [4.78, 5) is 22.5. The number of primary amides is 1. The lowest BCUT2D eigenvalue weighted by atomic mass is 9.76. The summed E-state index contributed by atoms with van der Waals surface area (Å²) in [5.74, 6) is -0.287. The van der Waals surface area contributed by atoms with E-state index in [0.717, 1.165) is 6.42 Å². The van der Waals surface area contributed by atoms with Gasteiger partial charge in [0, 0.05) is 18.4 Å². The predicted octanol–water partition coefficient (Wildman–Crippen LogP) is 1.83. The van der Waals surface area contributed by atoms with Crippen LogP contribution in [0.1, 0.15) is 53.9 Å². The minimum Gasteiger partial charge on any atom is -0.370 e. The Kier molecular flexibility index (Phi) is 5.66. The summed E-state index contributed by atoms with van der Waals surface area (Å²) >= 11 is 0. The van der Waals surface area contributed by atoms with Gasteiger partial charge in [-0.1, -0.05) is 34.6 Å². The normalized spacial score (nSPS) is 12.3. The molecule has 0 aliphatic heterocycles. The van der Waals surface area contributed by atoms with Crippen LogP contribution in [0, 0.1) is 10.8 Å². The molecule has 0 rings (SSSR count). The van der Waals surface area contributed by atoms with E-state index < -0.39 is 0 Å². The zero-order valence-corrected chi connectivity index (χ0v) is 11.7. The number of nitrogens with two attached hydrogens (primary N) is 1. The van der Waals surface area contributed by atoms with Crippen molar-refractivity contribution in [2.45, 2.75) is 53.9 Å². The molecule has 0 spiro atoms. The van der Waals surface area contributed by atoms with E-state index in [4.69, 9.17) is 5.73 Å². The molecular weight excluding hydrogens is 216 g/mol. The van der Waals surface area contributed by atoms with Crippen LogP contribution in [0.15, 0.2) is 0 Å². The fourth-order valence-electron chi connectivity index (χ4n) is 2.11. The maximum atomic E-state index is 12.0. The summed E-state index contributed by atoms with van der Waals surface area (Å²) < 4.78 is 0. The summed E-state index contributed by atoms with van der Waals surface area (Å²) in [6, 6.07) is 0. The van der Waals surface area contributed by atoms with Crippen molar-refractivity contribution in [2.24, 2.45) is 16.6 Å². The van der Waals surface area contributed by atoms with Crippen LogP contribution in [0.2, 0.25) is 0 Å². The molecule has 0 atom stereocenters. The Bertz CT molecular complexity index is 278. The highest BCUT2D eigenvalue weighted by Gasteiger charge is 2.32. The third-order valence-electron chi connectivity index (χ3n) is 2.47. The Morgan fingerprint density at radius 3 is 2.06 bits per heavy atom. The topological polar surface area (TPSA) is 72.2 Å². The van der Waals surface area contributed by atoms with Gasteiger partial charge >= 0.3 is 0 Å². The second-order valence-corrected chi connectivity index (χ2v) is 6.45. The fourth-order valence-corrected chi connectivity index (χ4v) is 2.11. The largest absolute Gasteiger partial charge is 0.370 e. The van der Waals surface area contributed by atoms with Crippen LogP contribution in [0.25, 0.3) is 0 Å². The molecule has 100 valence electrons. The smallest absolute Gasteiger partial charge is 0.225 e. The van der Waals surface area contributed by atoms with E-state index in [2.05, 4.69) is 26.1 Å². The zero-order valence-electron chi connectivity index (χ0n) is 11.7. The molecule has 0 radical (unpaired) electrons. The molecule has 0 saturated carbocycles. The van der Waals surface area contributed by atoms with Gasteiger partial charge in [-0.05, 0) is 18.3 Å². The van der Waals surface area contributed by atoms with Gasteiger partial charge in [-0.25, -0.2) is 0 Å². The van der Waals surface area contributed by atoms with Gasteiger partial charge in [-0.15, -0.1) is 0 Å². The van der Waals surface area contributed by atoms with Crippen LogP contribution in [-0.2, 0) is 9.59 Å². The molecule has 0 saturated heterocycles. The molecule has 0 unspecified atom stereocenters. The SMILES string of the molecule is CC(C)(C)CC(C)(C)C(=O)NCCCC(N)=O. The summed E-state index contributed by atoms with van der Waals surface area (Å²) in [5.41, 5.74) is 4.76. The molecule has 0 aromatic heterocycles. The summed E-state index contributed by atoms with van der Waals surface area (Å²) in [5, 5.41) is 2.85.